The molecule has 1 aliphatic rings. The summed E-state index contributed by atoms with van der Waals surface area (Å²) in [5.41, 5.74) is 4.46. The summed E-state index contributed by atoms with van der Waals surface area (Å²) in [6, 6.07) is 18.0. The first-order valence-corrected chi connectivity index (χ1v) is 9.95. The summed E-state index contributed by atoms with van der Waals surface area (Å²) in [6.07, 6.45) is 1.71. The highest BCUT2D eigenvalue weighted by atomic mass is 19.1. The third kappa shape index (κ3) is 3.54. The number of carbonyl (C=O) groups excluding carboxylic acids is 2. The number of rotatable bonds is 5. The highest BCUT2D eigenvalue weighted by molar-refractivity contribution is 6.04. The molecule has 1 aliphatic heterocycles. The number of nitrogens with one attached hydrogen (secondary N) is 2. The van der Waals surface area contributed by atoms with Crippen LogP contribution in [0.1, 0.15) is 33.2 Å². The summed E-state index contributed by atoms with van der Waals surface area (Å²) in [6.45, 7) is 0.495. The van der Waals surface area contributed by atoms with Gasteiger partial charge in [-0.2, -0.15) is 0 Å². The van der Waals surface area contributed by atoms with Crippen molar-refractivity contribution in [3.8, 4) is 0 Å². The number of H-pyrrole nitrogens is 1. The Morgan fingerprint density at radius 3 is 2.71 bits per heavy atom. The van der Waals surface area contributed by atoms with E-state index in [0.717, 1.165) is 22.3 Å². The Bertz CT molecular complexity index is 1250. The fraction of sp³-hybridized carbons (Fsp3) is 0.125. The summed E-state index contributed by atoms with van der Waals surface area (Å²) in [7, 11) is 0. The predicted molar refractivity (Wildman–Crippen MR) is 113 cm³/mol. The first kappa shape index (κ1) is 19.0. The second-order valence-electron chi connectivity index (χ2n) is 7.50. The highest BCUT2D eigenvalue weighted by Crippen LogP contribution is 2.35. The minimum Gasteiger partial charge on any atom is -0.356 e. The molecule has 1 atom stereocenters. The molecule has 1 unspecified atom stereocenters. The van der Waals surface area contributed by atoms with Gasteiger partial charge >= 0.3 is 0 Å². The largest absolute Gasteiger partial charge is 0.356 e. The summed E-state index contributed by atoms with van der Waals surface area (Å²) in [4.78, 5) is 35.4. The van der Waals surface area contributed by atoms with Gasteiger partial charge in [0.15, 0.2) is 0 Å². The highest BCUT2D eigenvalue weighted by Gasteiger charge is 2.40. The summed E-state index contributed by atoms with van der Waals surface area (Å²) < 4.78 is 13.1. The Morgan fingerprint density at radius 1 is 1.10 bits per heavy atom. The SMILES string of the molecule is O=C(NCc1ccc(F)cc1)C1c2ccccc2C(=O)N1Cc1cc2ncccc2[nH]1. The Labute approximate surface area is 177 Å². The van der Waals surface area contributed by atoms with E-state index in [1.54, 1.807) is 35.4 Å². The molecule has 2 amide bonds. The average molecular weight is 414 g/mol. The zero-order chi connectivity index (χ0) is 21.4. The predicted octanol–water partition coefficient (Wildman–Crippen LogP) is 3.72. The van der Waals surface area contributed by atoms with Crippen LogP contribution in [0.3, 0.4) is 0 Å². The molecule has 2 aromatic carbocycles. The van der Waals surface area contributed by atoms with Gasteiger partial charge in [-0.05, 0) is 47.5 Å². The van der Waals surface area contributed by atoms with E-state index in [1.165, 1.54) is 12.1 Å². The van der Waals surface area contributed by atoms with Gasteiger partial charge in [-0.3, -0.25) is 14.6 Å². The maximum atomic E-state index is 13.2. The molecule has 0 bridgehead atoms. The monoisotopic (exact) mass is 414 g/mol. The molecule has 0 aliphatic carbocycles. The first-order chi connectivity index (χ1) is 15.1. The van der Waals surface area contributed by atoms with Crippen molar-refractivity contribution >= 4 is 22.8 Å². The first-order valence-electron chi connectivity index (χ1n) is 9.95. The van der Waals surface area contributed by atoms with Gasteiger partial charge in [-0.15, -0.1) is 0 Å². The number of hydrogen-bond donors (Lipinski definition) is 2. The fourth-order valence-corrected chi connectivity index (χ4v) is 3.99. The van der Waals surface area contributed by atoms with Crippen LogP contribution in [0.15, 0.2) is 72.9 Å². The van der Waals surface area contributed by atoms with Gasteiger partial charge in [0.1, 0.15) is 11.9 Å². The number of aromatic amines is 1. The van der Waals surface area contributed by atoms with Crippen molar-refractivity contribution in [3.63, 3.8) is 0 Å². The standard InChI is InChI=1S/C24H19FN4O2/c25-16-9-7-15(8-10-16)13-27-23(30)22-18-4-1-2-5-19(18)24(31)29(22)14-17-12-21-20(28-17)6-3-11-26-21/h1-12,22,28H,13-14H2,(H,27,30). The lowest BCUT2D eigenvalue weighted by molar-refractivity contribution is -0.125. The number of nitrogens with zero attached hydrogens (tertiary/aromatic N) is 2. The third-order valence-corrected chi connectivity index (χ3v) is 5.47. The van der Waals surface area contributed by atoms with Gasteiger partial charge < -0.3 is 15.2 Å². The van der Waals surface area contributed by atoms with Crippen molar-refractivity contribution in [1.82, 2.24) is 20.2 Å². The molecule has 0 spiro atoms. The van der Waals surface area contributed by atoms with E-state index >= 15 is 0 Å². The molecular formula is C24H19FN4O2. The van der Waals surface area contributed by atoms with Crippen LogP contribution in [0.25, 0.3) is 11.0 Å². The van der Waals surface area contributed by atoms with Crippen LogP contribution in [-0.2, 0) is 17.9 Å². The van der Waals surface area contributed by atoms with Gasteiger partial charge in [0.05, 0.1) is 17.6 Å². The van der Waals surface area contributed by atoms with Crippen LogP contribution in [-0.4, -0.2) is 26.7 Å². The van der Waals surface area contributed by atoms with E-state index in [1.807, 2.05) is 30.3 Å². The van der Waals surface area contributed by atoms with Gasteiger partial charge in [0.25, 0.3) is 5.91 Å². The molecule has 0 saturated heterocycles. The molecule has 4 aromatic rings. The van der Waals surface area contributed by atoms with E-state index in [4.69, 9.17) is 0 Å². The molecule has 7 heteroatoms. The molecule has 3 heterocycles. The molecule has 154 valence electrons. The Morgan fingerprint density at radius 2 is 1.90 bits per heavy atom. The fourth-order valence-electron chi connectivity index (χ4n) is 3.99. The normalized spacial score (nSPS) is 15.3. The maximum absolute atomic E-state index is 13.2. The molecule has 2 N–H and O–H groups in total. The minimum atomic E-state index is -0.747. The summed E-state index contributed by atoms with van der Waals surface area (Å²) in [5.74, 6) is -0.801. The van der Waals surface area contributed by atoms with Crippen molar-refractivity contribution in [1.29, 1.82) is 0 Å². The number of fused-ring (bicyclic) bond motifs is 2. The summed E-state index contributed by atoms with van der Waals surface area (Å²) >= 11 is 0. The van der Waals surface area contributed by atoms with E-state index in [0.29, 0.717) is 11.1 Å². The molecule has 31 heavy (non-hydrogen) atoms. The van der Waals surface area contributed by atoms with Crippen LogP contribution >= 0.6 is 0 Å². The Hall–Kier alpha value is -4.00. The van der Waals surface area contributed by atoms with Crippen molar-refractivity contribution in [2.24, 2.45) is 0 Å². The number of carbonyl (C=O) groups is 2. The molecule has 2 aromatic heterocycles. The molecule has 0 saturated carbocycles. The van der Waals surface area contributed by atoms with Crippen molar-refractivity contribution in [2.45, 2.75) is 19.1 Å². The molecule has 6 nitrogen and oxygen atoms in total. The Kier molecular flexibility index (Phi) is 4.71. The van der Waals surface area contributed by atoms with Gasteiger partial charge in [0.2, 0.25) is 5.91 Å². The van der Waals surface area contributed by atoms with E-state index in [2.05, 4.69) is 15.3 Å². The number of benzene rings is 2. The second-order valence-corrected chi connectivity index (χ2v) is 7.50. The third-order valence-electron chi connectivity index (χ3n) is 5.47. The van der Waals surface area contributed by atoms with Crippen LogP contribution < -0.4 is 5.32 Å². The van der Waals surface area contributed by atoms with Crippen molar-refractivity contribution in [3.05, 3.63) is 101 Å². The van der Waals surface area contributed by atoms with Gasteiger partial charge in [-0.1, -0.05) is 30.3 Å². The number of hydrogen-bond acceptors (Lipinski definition) is 3. The molecule has 0 fully saturated rings. The topological polar surface area (TPSA) is 78.1 Å². The maximum Gasteiger partial charge on any atom is 0.255 e. The summed E-state index contributed by atoms with van der Waals surface area (Å²) in [5, 5.41) is 2.89. The van der Waals surface area contributed by atoms with Crippen molar-refractivity contribution in [2.75, 3.05) is 0 Å². The number of pyridine rings is 1. The van der Waals surface area contributed by atoms with E-state index in [-0.39, 0.29) is 30.7 Å². The van der Waals surface area contributed by atoms with E-state index in [9.17, 15) is 14.0 Å². The van der Waals surface area contributed by atoms with Crippen molar-refractivity contribution < 1.29 is 14.0 Å². The van der Waals surface area contributed by atoms with Gasteiger partial charge in [0, 0.05) is 24.0 Å². The lowest BCUT2D eigenvalue weighted by Crippen LogP contribution is -2.38. The van der Waals surface area contributed by atoms with E-state index < -0.39 is 6.04 Å². The zero-order valence-corrected chi connectivity index (χ0v) is 16.5. The number of halogens is 1. The smallest absolute Gasteiger partial charge is 0.255 e. The minimum absolute atomic E-state index is 0.191. The molecule has 5 rings (SSSR count). The second kappa shape index (κ2) is 7.68. The number of amides is 2. The average Bonchev–Trinajstić information content (AvgIpc) is 3.32. The lowest BCUT2D eigenvalue weighted by Gasteiger charge is -2.24. The van der Waals surface area contributed by atoms with Crippen LogP contribution in [0, 0.1) is 5.82 Å². The van der Waals surface area contributed by atoms with Crippen LogP contribution in [0.5, 0.6) is 0 Å². The van der Waals surface area contributed by atoms with Crippen LogP contribution in [0.4, 0.5) is 4.39 Å². The zero-order valence-electron chi connectivity index (χ0n) is 16.5. The quantitative estimate of drug-likeness (QED) is 0.523. The van der Waals surface area contributed by atoms with Crippen LogP contribution in [0.2, 0.25) is 0 Å². The Balaban J connectivity index is 1.42. The molecule has 0 radical (unpaired) electrons. The lowest BCUT2D eigenvalue weighted by atomic mass is 10.0. The molecular weight excluding hydrogens is 395 g/mol. The van der Waals surface area contributed by atoms with Gasteiger partial charge in [-0.25, -0.2) is 4.39 Å². The number of aromatic nitrogens is 2.